The minimum Gasteiger partial charge on any atom is -0.482 e. The highest BCUT2D eigenvalue weighted by Gasteiger charge is 2.44. The number of amides is 1. The zero-order chi connectivity index (χ0) is 15.7. The van der Waals surface area contributed by atoms with Crippen molar-refractivity contribution in [3.8, 4) is 5.75 Å². The molecule has 1 aromatic rings. The number of carbonyl (C=O) groups is 1. The SMILES string of the molecule is Cc1ccc(OCC(=O)N2CCN[C@@H]3CS(=O)(=O)C[C@@H]32)cn1. The van der Waals surface area contributed by atoms with Crippen LogP contribution in [-0.4, -0.2) is 67.5 Å². The third-order valence-electron chi connectivity index (χ3n) is 4.05. The van der Waals surface area contributed by atoms with Crippen LogP contribution >= 0.6 is 0 Å². The van der Waals surface area contributed by atoms with Gasteiger partial charge in [0.2, 0.25) is 0 Å². The van der Waals surface area contributed by atoms with Crippen molar-refractivity contribution in [1.82, 2.24) is 15.2 Å². The van der Waals surface area contributed by atoms with Crippen LogP contribution in [0.2, 0.25) is 0 Å². The van der Waals surface area contributed by atoms with Crippen LogP contribution in [0.1, 0.15) is 5.69 Å². The van der Waals surface area contributed by atoms with Crippen LogP contribution < -0.4 is 10.1 Å². The molecule has 3 heterocycles. The van der Waals surface area contributed by atoms with Crippen molar-refractivity contribution in [3.63, 3.8) is 0 Å². The first-order chi connectivity index (χ1) is 10.4. The van der Waals surface area contributed by atoms with Crippen molar-refractivity contribution in [3.05, 3.63) is 24.0 Å². The summed E-state index contributed by atoms with van der Waals surface area (Å²) in [4.78, 5) is 18.1. The number of aromatic nitrogens is 1. The maximum Gasteiger partial charge on any atom is 0.260 e. The molecule has 0 saturated carbocycles. The first-order valence-electron chi connectivity index (χ1n) is 7.23. The van der Waals surface area contributed by atoms with Crippen LogP contribution in [-0.2, 0) is 14.6 Å². The normalized spacial score (nSPS) is 26.5. The summed E-state index contributed by atoms with van der Waals surface area (Å²) in [6, 6.07) is 3.12. The number of sulfone groups is 1. The molecule has 3 rings (SSSR count). The van der Waals surface area contributed by atoms with Crippen molar-refractivity contribution in [2.24, 2.45) is 0 Å². The lowest BCUT2D eigenvalue weighted by molar-refractivity contribution is -0.136. The lowest BCUT2D eigenvalue weighted by atomic mass is 10.1. The van der Waals surface area contributed by atoms with Gasteiger partial charge in [0.05, 0.1) is 23.7 Å². The van der Waals surface area contributed by atoms with Gasteiger partial charge in [-0.2, -0.15) is 0 Å². The molecule has 2 fully saturated rings. The first-order valence-corrected chi connectivity index (χ1v) is 9.05. The maximum absolute atomic E-state index is 12.3. The molecular formula is C14H19N3O4S. The summed E-state index contributed by atoms with van der Waals surface area (Å²) in [5, 5.41) is 3.18. The van der Waals surface area contributed by atoms with Gasteiger partial charge in [0.15, 0.2) is 16.4 Å². The molecule has 0 aromatic carbocycles. The molecule has 1 aromatic heterocycles. The molecule has 2 atom stereocenters. The van der Waals surface area contributed by atoms with E-state index in [0.29, 0.717) is 18.8 Å². The number of piperazine rings is 1. The summed E-state index contributed by atoms with van der Waals surface area (Å²) in [7, 11) is -3.07. The topological polar surface area (TPSA) is 88.6 Å². The highest BCUT2D eigenvalue weighted by atomic mass is 32.2. The van der Waals surface area contributed by atoms with Gasteiger partial charge in [-0.3, -0.25) is 9.78 Å². The van der Waals surface area contributed by atoms with Crippen LogP contribution in [0.4, 0.5) is 0 Å². The molecule has 0 radical (unpaired) electrons. The fraction of sp³-hybridized carbons (Fsp3) is 0.571. The predicted molar refractivity (Wildman–Crippen MR) is 80.4 cm³/mol. The fourth-order valence-electron chi connectivity index (χ4n) is 2.94. The molecule has 0 unspecified atom stereocenters. The Bertz CT molecular complexity index is 659. The number of rotatable bonds is 3. The second-order valence-corrected chi connectivity index (χ2v) is 7.87. The summed E-state index contributed by atoms with van der Waals surface area (Å²) >= 11 is 0. The van der Waals surface area contributed by atoms with Crippen LogP contribution in [0.5, 0.6) is 5.75 Å². The molecular weight excluding hydrogens is 306 g/mol. The van der Waals surface area contributed by atoms with Crippen molar-refractivity contribution in [2.45, 2.75) is 19.0 Å². The Morgan fingerprint density at radius 1 is 1.45 bits per heavy atom. The van der Waals surface area contributed by atoms with E-state index in [4.69, 9.17) is 4.74 Å². The zero-order valence-electron chi connectivity index (χ0n) is 12.4. The number of nitrogens with one attached hydrogen (secondary N) is 1. The Kier molecular flexibility index (Phi) is 4.05. The second kappa shape index (κ2) is 5.85. The number of hydrogen-bond donors (Lipinski definition) is 1. The molecule has 1 N–H and O–H groups in total. The van der Waals surface area contributed by atoms with Gasteiger partial charge in [0.25, 0.3) is 5.91 Å². The number of nitrogens with zero attached hydrogens (tertiary/aromatic N) is 2. The molecule has 8 heteroatoms. The number of ether oxygens (including phenoxy) is 1. The van der Waals surface area contributed by atoms with E-state index in [9.17, 15) is 13.2 Å². The van der Waals surface area contributed by atoms with E-state index >= 15 is 0 Å². The molecule has 2 aliphatic rings. The highest BCUT2D eigenvalue weighted by molar-refractivity contribution is 7.91. The average Bonchev–Trinajstić information content (AvgIpc) is 2.80. The Balaban J connectivity index is 1.63. The molecule has 2 aliphatic heterocycles. The van der Waals surface area contributed by atoms with Crippen LogP contribution in [0.25, 0.3) is 0 Å². The first kappa shape index (κ1) is 15.2. The van der Waals surface area contributed by atoms with E-state index in [2.05, 4.69) is 10.3 Å². The van der Waals surface area contributed by atoms with E-state index in [-0.39, 0.29) is 36.1 Å². The fourth-order valence-corrected chi connectivity index (χ4v) is 4.90. The van der Waals surface area contributed by atoms with E-state index in [0.717, 1.165) is 5.69 Å². The average molecular weight is 325 g/mol. The summed E-state index contributed by atoms with van der Waals surface area (Å²) < 4.78 is 29.0. The summed E-state index contributed by atoms with van der Waals surface area (Å²) in [5.74, 6) is 0.478. The van der Waals surface area contributed by atoms with Gasteiger partial charge in [-0.25, -0.2) is 8.42 Å². The second-order valence-electron chi connectivity index (χ2n) is 5.72. The van der Waals surface area contributed by atoms with E-state index in [1.165, 1.54) is 0 Å². The van der Waals surface area contributed by atoms with Gasteiger partial charge in [-0.1, -0.05) is 0 Å². The van der Waals surface area contributed by atoms with Gasteiger partial charge in [0, 0.05) is 24.8 Å². The summed E-state index contributed by atoms with van der Waals surface area (Å²) in [6.07, 6.45) is 1.57. The number of aryl methyl sites for hydroxylation is 1. The maximum atomic E-state index is 12.3. The summed E-state index contributed by atoms with van der Waals surface area (Å²) in [5.41, 5.74) is 0.875. The Hall–Kier alpha value is -1.67. The van der Waals surface area contributed by atoms with Crippen LogP contribution in [0, 0.1) is 6.92 Å². The molecule has 120 valence electrons. The summed E-state index contributed by atoms with van der Waals surface area (Å²) in [6.45, 7) is 2.88. The lowest BCUT2D eigenvalue weighted by Crippen LogP contribution is -2.59. The molecule has 0 spiro atoms. The van der Waals surface area contributed by atoms with Gasteiger partial charge in [0.1, 0.15) is 5.75 Å². The Labute approximate surface area is 129 Å². The number of pyridine rings is 1. The van der Waals surface area contributed by atoms with Gasteiger partial charge < -0.3 is 15.0 Å². The minimum atomic E-state index is -3.07. The van der Waals surface area contributed by atoms with Crippen LogP contribution in [0.3, 0.4) is 0 Å². The predicted octanol–water partition coefficient (Wildman–Crippen LogP) is -0.634. The van der Waals surface area contributed by atoms with Crippen molar-refractivity contribution in [1.29, 1.82) is 0 Å². The van der Waals surface area contributed by atoms with Gasteiger partial charge in [-0.15, -0.1) is 0 Å². The number of carbonyl (C=O) groups excluding carboxylic acids is 1. The Morgan fingerprint density at radius 3 is 3.00 bits per heavy atom. The zero-order valence-corrected chi connectivity index (χ0v) is 13.2. The number of fused-ring (bicyclic) bond motifs is 1. The van der Waals surface area contributed by atoms with Crippen LogP contribution in [0.15, 0.2) is 18.3 Å². The monoisotopic (exact) mass is 325 g/mol. The van der Waals surface area contributed by atoms with E-state index in [1.54, 1.807) is 17.2 Å². The molecule has 22 heavy (non-hydrogen) atoms. The van der Waals surface area contributed by atoms with Crippen molar-refractivity contribution in [2.75, 3.05) is 31.2 Å². The lowest BCUT2D eigenvalue weighted by Gasteiger charge is -2.37. The standard InChI is InChI=1S/C14H19N3O4S/c1-10-2-3-11(6-16-10)21-7-14(18)17-5-4-15-12-8-22(19,20)9-13(12)17/h2-3,6,12-13,15H,4-5,7-9H2,1H3/t12-,13+/m1/s1. The van der Waals surface area contributed by atoms with Gasteiger partial charge in [-0.05, 0) is 19.1 Å². The number of hydrogen-bond acceptors (Lipinski definition) is 6. The Morgan fingerprint density at radius 2 is 2.27 bits per heavy atom. The third kappa shape index (κ3) is 3.22. The largest absolute Gasteiger partial charge is 0.482 e. The van der Waals surface area contributed by atoms with Crippen molar-refractivity contribution >= 4 is 15.7 Å². The smallest absolute Gasteiger partial charge is 0.260 e. The minimum absolute atomic E-state index is 0.0303. The molecule has 2 saturated heterocycles. The molecule has 7 nitrogen and oxygen atoms in total. The van der Waals surface area contributed by atoms with E-state index < -0.39 is 9.84 Å². The van der Waals surface area contributed by atoms with E-state index in [1.807, 2.05) is 13.0 Å². The molecule has 0 bridgehead atoms. The molecule has 0 aliphatic carbocycles. The molecule has 1 amide bonds. The van der Waals surface area contributed by atoms with Crippen molar-refractivity contribution < 1.29 is 17.9 Å². The third-order valence-corrected chi connectivity index (χ3v) is 5.77. The highest BCUT2D eigenvalue weighted by Crippen LogP contribution is 2.21. The van der Waals surface area contributed by atoms with Gasteiger partial charge >= 0.3 is 0 Å². The quantitative estimate of drug-likeness (QED) is 0.796.